The molecule has 0 bridgehead atoms. The van der Waals surface area contributed by atoms with Gasteiger partial charge in [0, 0.05) is 50.0 Å². The minimum Gasteiger partial charge on any atom is -0.352 e. The lowest BCUT2D eigenvalue weighted by atomic mass is 10.0. The summed E-state index contributed by atoms with van der Waals surface area (Å²) in [6.45, 7) is 3.99. The van der Waals surface area contributed by atoms with Crippen LogP contribution in [0.3, 0.4) is 0 Å². The third kappa shape index (κ3) is 5.98. The number of hydrogen-bond donors (Lipinski definition) is 2. The zero-order valence-electron chi connectivity index (χ0n) is 22.5. The Hall–Kier alpha value is -2.72. The summed E-state index contributed by atoms with van der Waals surface area (Å²) in [5, 5.41) is 6.42. The molecule has 2 aliphatic rings. The van der Waals surface area contributed by atoms with Gasteiger partial charge in [0.05, 0.1) is 16.7 Å². The molecule has 11 heteroatoms. The van der Waals surface area contributed by atoms with Gasteiger partial charge in [-0.05, 0) is 81.1 Å². The number of aromatic nitrogens is 3. The van der Waals surface area contributed by atoms with E-state index in [2.05, 4.69) is 15.5 Å². The average molecular weight is 594 g/mol. The van der Waals surface area contributed by atoms with Crippen LogP contribution in [0.5, 0.6) is 0 Å². The van der Waals surface area contributed by atoms with Crippen LogP contribution >= 0.6 is 24.8 Å². The van der Waals surface area contributed by atoms with Crippen LogP contribution in [0.4, 0.5) is 8.78 Å². The maximum absolute atomic E-state index is 15.1. The van der Waals surface area contributed by atoms with Crippen LogP contribution in [-0.2, 0) is 7.05 Å². The number of likely N-dealkylation sites (tertiary alicyclic amines) is 1. The second-order valence-corrected chi connectivity index (χ2v) is 10.6. The first-order chi connectivity index (χ1) is 18.5. The van der Waals surface area contributed by atoms with Gasteiger partial charge in [0.2, 0.25) is 5.78 Å². The Morgan fingerprint density at radius 3 is 2.62 bits per heavy atom. The molecule has 2 fully saturated rings. The maximum Gasteiger partial charge on any atom is 0.251 e. The lowest BCUT2D eigenvalue weighted by molar-refractivity contribution is 0.0950. The average Bonchev–Trinajstić information content (AvgIpc) is 3.66. The number of aryl methyl sites for hydroxylation is 1. The molecule has 0 unspecified atom stereocenters. The number of rotatable bonds is 7. The molecule has 0 saturated carbocycles. The van der Waals surface area contributed by atoms with Crippen molar-refractivity contribution in [1.29, 1.82) is 0 Å². The Morgan fingerprint density at radius 1 is 1.10 bits per heavy atom. The first kappa shape index (κ1) is 30.2. The number of fused-ring (bicyclic) bond motifs is 3. The van der Waals surface area contributed by atoms with E-state index in [1.165, 1.54) is 0 Å². The summed E-state index contributed by atoms with van der Waals surface area (Å²) < 4.78 is 32.2. The number of piperidine rings is 1. The summed E-state index contributed by atoms with van der Waals surface area (Å²) in [5.41, 5.74) is 4.41. The van der Waals surface area contributed by atoms with Gasteiger partial charge >= 0.3 is 0 Å². The van der Waals surface area contributed by atoms with Crippen molar-refractivity contribution in [1.82, 2.24) is 29.5 Å². The fourth-order valence-corrected chi connectivity index (χ4v) is 5.82. The highest BCUT2D eigenvalue weighted by Crippen LogP contribution is 2.30. The highest BCUT2D eigenvalue weighted by molar-refractivity contribution is 5.98. The topological polar surface area (TPSA) is 66.6 Å². The molecule has 40 heavy (non-hydrogen) atoms. The number of benzene rings is 2. The Balaban J connectivity index is 0.00000185. The molecular weight excluding hydrogens is 557 g/mol. The van der Waals surface area contributed by atoms with Crippen LogP contribution in [0.2, 0.25) is 0 Å². The molecule has 7 nitrogen and oxygen atoms in total. The van der Waals surface area contributed by atoms with Crippen molar-refractivity contribution in [2.45, 2.75) is 44.3 Å². The van der Waals surface area contributed by atoms with E-state index in [1.807, 2.05) is 52.5 Å². The van der Waals surface area contributed by atoms with E-state index in [0.29, 0.717) is 42.0 Å². The summed E-state index contributed by atoms with van der Waals surface area (Å²) >= 11 is 0. The molecule has 2 saturated heterocycles. The number of carbonyl (C=O) groups is 1. The monoisotopic (exact) mass is 592 g/mol. The molecule has 6 rings (SSSR count). The smallest absolute Gasteiger partial charge is 0.251 e. The lowest BCUT2D eigenvalue weighted by Crippen LogP contribution is -2.36. The van der Waals surface area contributed by atoms with E-state index in [-0.39, 0.29) is 42.6 Å². The Labute approximate surface area is 245 Å². The zero-order valence-corrected chi connectivity index (χ0v) is 24.2. The molecule has 1 amide bonds. The molecular formula is C29H36Cl2F2N6O. The molecule has 1 atom stereocenters. The van der Waals surface area contributed by atoms with E-state index < -0.39 is 6.17 Å². The number of amides is 1. The van der Waals surface area contributed by atoms with Crippen molar-refractivity contribution in [3.63, 3.8) is 0 Å². The van der Waals surface area contributed by atoms with E-state index in [4.69, 9.17) is 4.98 Å². The summed E-state index contributed by atoms with van der Waals surface area (Å²) in [7, 11) is 1.90. The molecule has 2 aromatic carbocycles. The molecule has 4 heterocycles. The molecule has 216 valence electrons. The number of imidazole rings is 2. The minimum atomic E-state index is -0.667. The quantitative estimate of drug-likeness (QED) is 0.280. The lowest BCUT2D eigenvalue weighted by Gasteiger charge is -2.28. The molecule has 0 spiro atoms. The number of hydrogen-bond acceptors (Lipinski definition) is 4. The van der Waals surface area contributed by atoms with Crippen LogP contribution in [0.1, 0.15) is 54.1 Å². The molecule has 4 aromatic rings. The van der Waals surface area contributed by atoms with Gasteiger partial charge < -0.3 is 20.1 Å². The fourth-order valence-electron chi connectivity index (χ4n) is 5.82. The normalized spacial score (nSPS) is 18.1. The van der Waals surface area contributed by atoms with Crippen LogP contribution in [0, 0.1) is 5.82 Å². The van der Waals surface area contributed by atoms with E-state index in [0.717, 1.165) is 62.0 Å². The van der Waals surface area contributed by atoms with Crippen molar-refractivity contribution in [3.8, 4) is 11.3 Å². The summed E-state index contributed by atoms with van der Waals surface area (Å²) in [6.07, 6.45) is 5.37. The largest absolute Gasteiger partial charge is 0.352 e. The van der Waals surface area contributed by atoms with Gasteiger partial charge in [-0.3, -0.25) is 9.20 Å². The van der Waals surface area contributed by atoms with Gasteiger partial charge in [-0.15, -0.1) is 24.8 Å². The maximum atomic E-state index is 15.1. The molecule has 2 aromatic heterocycles. The zero-order chi connectivity index (χ0) is 26.2. The van der Waals surface area contributed by atoms with Crippen LogP contribution < -0.4 is 10.6 Å². The minimum absolute atomic E-state index is 0. The molecule has 0 radical (unpaired) electrons. The number of nitrogens with one attached hydrogen (secondary N) is 2. The molecule has 2 N–H and O–H groups in total. The SMILES string of the molecule is Cl.Cl.Cn1c2cc(C(=O)NCCCN3CCC(F)CC3)ccc2n2cc(-c3ccc([C@H]4CCCN4)cc3F)nc12. The standard InChI is InChI=1S/C29H34F2N6O.2ClH/c1-35-27-17-20(28(38)33-12-3-13-36-14-9-21(30)10-15-36)6-8-26(27)37-18-25(34-29(35)37)22-7-5-19(16-23(22)31)24-4-2-11-32-24;;/h5-8,16-18,21,24,32H,2-4,9-15H2,1H3,(H,33,38);2*1H/t24-;;/m1../s1. The number of nitrogens with zero attached hydrogens (tertiary/aromatic N) is 4. The van der Waals surface area contributed by atoms with Crippen LogP contribution in [0.25, 0.3) is 28.1 Å². The number of alkyl halides is 1. The van der Waals surface area contributed by atoms with Gasteiger partial charge in [-0.1, -0.05) is 6.07 Å². The van der Waals surface area contributed by atoms with Gasteiger partial charge in [0.25, 0.3) is 5.91 Å². The third-order valence-corrected chi connectivity index (χ3v) is 8.03. The van der Waals surface area contributed by atoms with Crippen LogP contribution in [-0.4, -0.2) is 63.7 Å². The fraction of sp³-hybridized carbons (Fsp3) is 0.448. The predicted molar refractivity (Wildman–Crippen MR) is 159 cm³/mol. The van der Waals surface area contributed by atoms with Crippen LogP contribution in [0.15, 0.2) is 42.6 Å². The Kier molecular flexibility index (Phi) is 9.72. The Morgan fingerprint density at radius 2 is 1.90 bits per heavy atom. The summed E-state index contributed by atoms with van der Waals surface area (Å²) in [4.78, 5) is 19.8. The van der Waals surface area contributed by atoms with Crippen molar-refractivity contribution in [2.24, 2.45) is 7.05 Å². The summed E-state index contributed by atoms with van der Waals surface area (Å²) in [5.74, 6) is 0.299. The Bertz CT molecular complexity index is 1470. The van der Waals surface area contributed by atoms with E-state index >= 15 is 4.39 Å². The highest BCUT2D eigenvalue weighted by atomic mass is 35.5. The van der Waals surface area contributed by atoms with Crippen molar-refractivity contribution in [2.75, 3.05) is 32.7 Å². The van der Waals surface area contributed by atoms with Gasteiger partial charge in [0.1, 0.15) is 12.0 Å². The third-order valence-electron chi connectivity index (χ3n) is 8.03. The van der Waals surface area contributed by atoms with Gasteiger partial charge in [-0.2, -0.15) is 0 Å². The van der Waals surface area contributed by atoms with Crippen molar-refractivity contribution >= 4 is 47.5 Å². The second kappa shape index (κ2) is 12.9. The highest BCUT2D eigenvalue weighted by Gasteiger charge is 2.21. The van der Waals surface area contributed by atoms with Gasteiger partial charge in [0.15, 0.2) is 0 Å². The number of halogens is 4. The van der Waals surface area contributed by atoms with Gasteiger partial charge in [-0.25, -0.2) is 13.8 Å². The van der Waals surface area contributed by atoms with Crippen molar-refractivity contribution < 1.29 is 13.6 Å². The molecule has 0 aliphatic carbocycles. The second-order valence-electron chi connectivity index (χ2n) is 10.6. The summed E-state index contributed by atoms with van der Waals surface area (Å²) in [6, 6.07) is 11.2. The van der Waals surface area contributed by atoms with Crippen molar-refractivity contribution in [3.05, 3.63) is 59.5 Å². The molecule has 2 aliphatic heterocycles. The first-order valence-corrected chi connectivity index (χ1v) is 13.6. The predicted octanol–water partition coefficient (Wildman–Crippen LogP) is 5.45. The first-order valence-electron chi connectivity index (χ1n) is 13.6. The van der Waals surface area contributed by atoms with E-state index in [9.17, 15) is 9.18 Å². The number of carbonyl (C=O) groups excluding carboxylic acids is 1. The van der Waals surface area contributed by atoms with E-state index in [1.54, 1.807) is 6.07 Å².